The first-order valence-electron chi connectivity index (χ1n) is 5.68. The number of halogens is 2. The van der Waals surface area contributed by atoms with Crippen LogP contribution in [0.1, 0.15) is 12.8 Å². The predicted octanol–water partition coefficient (Wildman–Crippen LogP) is 2.13. The molecule has 1 atom stereocenters. The van der Waals surface area contributed by atoms with Crippen molar-refractivity contribution in [2.45, 2.75) is 23.8 Å². The van der Waals surface area contributed by atoms with E-state index in [4.69, 9.17) is 11.6 Å². The fourth-order valence-corrected chi connectivity index (χ4v) is 4.23. The Bertz CT molecular complexity index is 530. The second-order valence-corrected chi connectivity index (χ2v) is 7.13. The minimum atomic E-state index is -3.57. The van der Waals surface area contributed by atoms with Crippen LogP contribution < -0.4 is 10.0 Å². The van der Waals surface area contributed by atoms with Gasteiger partial charge in [0.2, 0.25) is 10.0 Å². The van der Waals surface area contributed by atoms with E-state index in [1.54, 1.807) is 12.1 Å². The Morgan fingerprint density at radius 1 is 1.44 bits per heavy atom. The van der Waals surface area contributed by atoms with Crippen molar-refractivity contribution in [1.29, 1.82) is 0 Å². The number of hydrogen-bond donors (Lipinski definition) is 2. The summed E-state index contributed by atoms with van der Waals surface area (Å²) < 4.78 is 27.7. The molecule has 0 unspecified atom stereocenters. The highest BCUT2D eigenvalue weighted by Gasteiger charge is 2.24. The summed E-state index contributed by atoms with van der Waals surface area (Å²) in [7, 11) is -3.57. The van der Waals surface area contributed by atoms with Gasteiger partial charge in [0.15, 0.2) is 0 Å². The smallest absolute Gasteiger partial charge is 0.242 e. The van der Waals surface area contributed by atoms with Crippen LogP contribution >= 0.6 is 27.5 Å². The molecule has 1 aliphatic heterocycles. The van der Waals surface area contributed by atoms with Crippen molar-refractivity contribution >= 4 is 37.6 Å². The monoisotopic (exact) mass is 352 g/mol. The van der Waals surface area contributed by atoms with Gasteiger partial charge in [-0.15, -0.1) is 0 Å². The van der Waals surface area contributed by atoms with E-state index in [0.717, 1.165) is 19.4 Å². The molecule has 1 fully saturated rings. The van der Waals surface area contributed by atoms with Crippen LogP contribution in [-0.4, -0.2) is 27.5 Å². The second kappa shape index (κ2) is 5.88. The van der Waals surface area contributed by atoms with Crippen LogP contribution in [0.4, 0.5) is 0 Å². The Labute approximate surface area is 120 Å². The van der Waals surface area contributed by atoms with Gasteiger partial charge in [-0.05, 0) is 47.4 Å². The average Bonchev–Trinajstić information content (AvgIpc) is 2.33. The molecule has 2 rings (SSSR count). The van der Waals surface area contributed by atoms with Crippen LogP contribution in [0.2, 0.25) is 5.02 Å². The van der Waals surface area contributed by atoms with Crippen molar-refractivity contribution in [2.24, 2.45) is 0 Å². The lowest BCUT2D eigenvalue weighted by atomic mass is 10.1. The summed E-state index contributed by atoms with van der Waals surface area (Å²) in [5, 5.41) is 3.38. The highest BCUT2D eigenvalue weighted by atomic mass is 79.9. The lowest BCUT2D eigenvalue weighted by Crippen LogP contribution is -2.45. The number of benzene rings is 1. The largest absolute Gasteiger partial charge is 0.315 e. The molecule has 18 heavy (non-hydrogen) atoms. The topological polar surface area (TPSA) is 58.2 Å². The number of hydrogen-bond acceptors (Lipinski definition) is 3. The van der Waals surface area contributed by atoms with E-state index in [9.17, 15) is 8.42 Å². The zero-order chi connectivity index (χ0) is 13.2. The van der Waals surface area contributed by atoms with Crippen LogP contribution in [0, 0.1) is 0 Å². The van der Waals surface area contributed by atoms with Gasteiger partial charge in [-0.2, -0.15) is 0 Å². The first kappa shape index (κ1) is 14.3. The highest BCUT2D eigenvalue weighted by Crippen LogP contribution is 2.29. The Kier molecular flexibility index (Phi) is 4.66. The van der Waals surface area contributed by atoms with Gasteiger partial charge in [-0.3, -0.25) is 0 Å². The summed E-state index contributed by atoms with van der Waals surface area (Å²) in [4.78, 5) is 0.115. The van der Waals surface area contributed by atoms with E-state index in [1.165, 1.54) is 6.07 Å². The second-order valence-electron chi connectivity index (χ2n) is 4.22. The maximum absolute atomic E-state index is 12.2. The van der Waals surface area contributed by atoms with Crippen molar-refractivity contribution in [3.8, 4) is 0 Å². The van der Waals surface area contributed by atoms with Crippen molar-refractivity contribution < 1.29 is 8.42 Å². The zero-order valence-corrected chi connectivity index (χ0v) is 12.8. The normalized spacial score (nSPS) is 20.9. The lowest BCUT2D eigenvalue weighted by Gasteiger charge is -2.23. The minimum Gasteiger partial charge on any atom is -0.315 e. The van der Waals surface area contributed by atoms with Gasteiger partial charge in [0.25, 0.3) is 0 Å². The average molecular weight is 354 g/mol. The molecule has 1 saturated heterocycles. The standard InChI is InChI=1S/C11H14BrClN2O2S/c12-9-4-1-5-10(11(9)13)18(16,17)15-8-3-2-6-14-7-8/h1,4-5,8,14-15H,2-3,6-7H2/t8-/m1/s1. The Hall–Kier alpha value is -0.140. The quantitative estimate of drug-likeness (QED) is 0.875. The fourth-order valence-electron chi connectivity index (χ4n) is 1.93. The summed E-state index contributed by atoms with van der Waals surface area (Å²) in [6, 6.07) is 4.80. The Morgan fingerprint density at radius 2 is 2.22 bits per heavy atom. The van der Waals surface area contributed by atoms with Crippen LogP contribution in [0.5, 0.6) is 0 Å². The van der Waals surface area contributed by atoms with E-state index in [1.807, 2.05) is 0 Å². The van der Waals surface area contributed by atoms with Crippen LogP contribution in [0.25, 0.3) is 0 Å². The fraction of sp³-hybridized carbons (Fsp3) is 0.455. The van der Waals surface area contributed by atoms with Crippen molar-refractivity contribution in [2.75, 3.05) is 13.1 Å². The summed E-state index contributed by atoms with van der Waals surface area (Å²) in [5.41, 5.74) is 0. The molecule has 0 amide bonds. The molecule has 100 valence electrons. The molecule has 1 heterocycles. The molecule has 0 radical (unpaired) electrons. The van der Waals surface area contributed by atoms with Gasteiger partial charge >= 0.3 is 0 Å². The molecule has 0 aliphatic carbocycles. The lowest BCUT2D eigenvalue weighted by molar-refractivity contribution is 0.428. The first-order valence-corrected chi connectivity index (χ1v) is 8.33. The summed E-state index contributed by atoms with van der Waals surface area (Å²) >= 11 is 9.24. The van der Waals surface area contributed by atoms with E-state index >= 15 is 0 Å². The SMILES string of the molecule is O=S(=O)(N[C@@H]1CCCNC1)c1cccc(Br)c1Cl. The minimum absolute atomic E-state index is 0.0706. The van der Waals surface area contributed by atoms with Gasteiger partial charge in [0, 0.05) is 17.1 Å². The van der Waals surface area contributed by atoms with Crippen LogP contribution in [0.3, 0.4) is 0 Å². The molecule has 1 aliphatic rings. The number of nitrogens with one attached hydrogen (secondary N) is 2. The summed E-state index contributed by atoms with van der Waals surface area (Å²) in [6.07, 6.45) is 1.82. The van der Waals surface area contributed by atoms with Crippen LogP contribution in [-0.2, 0) is 10.0 Å². The molecule has 2 N–H and O–H groups in total. The zero-order valence-electron chi connectivity index (χ0n) is 9.62. The first-order chi connectivity index (χ1) is 8.50. The summed E-state index contributed by atoms with van der Waals surface area (Å²) in [5.74, 6) is 0. The Balaban J connectivity index is 2.22. The maximum Gasteiger partial charge on any atom is 0.242 e. The van der Waals surface area contributed by atoms with Gasteiger partial charge in [0.1, 0.15) is 4.90 Å². The molecular weight excluding hydrogens is 340 g/mol. The molecule has 0 saturated carbocycles. The highest BCUT2D eigenvalue weighted by molar-refractivity contribution is 9.10. The van der Waals surface area contributed by atoms with Gasteiger partial charge < -0.3 is 5.32 Å². The van der Waals surface area contributed by atoms with Crippen molar-refractivity contribution in [3.63, 3.8) is 0 Å². The molecular formula is C11H14BrClN2O2S. The molecule has 0 spiro atoms. The Morgan fingerprint density at radius 3 is 2.89 bits per heavy atom. The van der Waals surface area contributed by atoms with E-state index < -0.39 is 10.0 Å². The van der Waals surface area contributed by atoms with E-state index in [0.29, 0.717) is 11.0 Å². The molecule has 0 aromatic heterocycles. The molecule has 0 bridgehead atoms. The predicted molar refractivity (Wildman–Crippen MR) is 75.4 cm³/mol. The van der Waals surface area contributed by atoms with Gasteiger partial charge in [0.05, 0.1) is 5.02 Å². The van der Waals surface area contributed by atoms with Gasteiger partial charge in [-0.1, -0.05) is 17.7 Å². The molecule has 4 nitrogen and oxygen atoms in total. The molecule has 7 heteroatoms. The van der Waals surface area contributed by atoms with E-state index in [2.05, 4.69) is 26.0 Å². The van der Waals surface area contributed by atoms with Gasteiger partial charge in [-0.25, -0.2) is 13.1 Å². The van der Waals surface area contributed by atoms with Crippen molar-refractivity contribution in [3.05, 3.63) is 27.7 Å². The molecule has 1 aromatic rings. The van der Waals surface area contributed by atoms with E-state index in [-0.39, 0.29) is 16.0 Å². The maximum atomic E-state index is 12.2. The molecule has 1 aromatic carbocycles. The third-order valence-electron chi connectivity index (χ3n) is 2.82. The third-order valence-corrected chi connectivity index (χ3v) is 5.80. The summed E-state index contributed by atoms with van der Waals surface area (Å²) in [6.45, 7) is 1.60. The van der Waals surface area contributed by atoms with Crippen molar-refractivity contribution in [1.82, 2.24) is 10.0 Å². The van der Waals surface area contributed by atoms with Crippen LogP contribution in [0.15, 0.2) is 27.6 Å². The number of rotatable bonds is 3. The number of sulfonamides is 1. The number of piperidine rings is 1. The third kappa shape index (κ3) is 3.24.